The summed E-state index contributed by atoms with van der Waals surface area (Å²) in [6.45, 7) is 0. The summed E-state index contributed by atoms with van der Waals surface area (Å²) in [5.41, 5.74) is 2.24. The van der Waals surface area contributed by atoms with Gasteiger partial charge in [-0.15, -0.1) is 0 Å². The fourth-order valence-electron chi connectivity index (χ4n) is 1.59. The van der Waals surface area contributed by atoms with Crippen molar-refractivity contribution in [1.29, 1.82) is 5.41 Å². The van der Waals surface area contributed by atoms with Crippen LogP contribution in [0.2, 0.25) is 5.02 Å². The van der Waals surface area contributed by atoms with Gasteiger partial charge in [0, 0.05) is 17.4 Å². The van der Waals surface area contributed by atoms with Crippen molar-refractivity contribution in [2.45, 2.75) is 0 Å². The number of nitrogens with one attached hydrogen (secondary N) is 1. The van der Waals surface area contributed by atoms with E-state index in [1.54, 1.807) is 23.0 Å². The first-order chi connectivity index (χ1) is 8.70. The average Bonchev–Trinajstić information content (AvgIpc) is 2.38. The van der Waals surface area contributed by atoms with E-state index < -0.39 is 0 Å². The van der Waals surface area contributed by atoms with Crippen LogP contribution in [-0.2, 0) is 4.79 Å². The maximum Gasteiger partial charge on any atom is 0.144 e. The van der Waals surface area contributed by atoms with Gasteiger partial charge in [-0.25, -0.2) is 0 Å². The van der Waals surface area contributed by atoms with E-state index in [2.05, 4.69) is 0 Å². The van der Waals surface area contributed by atoms with E-state index in [9.17, 15) is 4.79 Å². The van der Waals surface area contributed by atoms with Crippen LogP contribution in [0.3, 0.4) is 0 Å². The Bertz CT molecular complexity index is 642. The molecule has 0 amide bonds. The smallest absolute Gasteiger partial charge is 0.144 e. The Morgan fingerprint density at radius 1 is 1.11 bits per heavy atom. The lowest BCUT2D eigenvalue weighted by molar-refractivity contribution is -0.104. The highest BCUT2D eigenvalue weighted by Crippen LogP contribution is 2.19. The van der Waals surface area contributed by atoms with Crippen LogP contribution in [0.4, 0.5) is 0 Å². The lowest BCUT2D eigenvalue weighted by Crippen LogP contribution is -2.13. The summed E-state index contributed by atoms with van der Waals surface area (Å²) < 4.78 is 1.56. The summed E-state index contributed by atoms with van der Waals surface area (Å²) in [5.74, 6) is 0. The van der Waals surface area contributed by atoms with Gasteiger partial charge in [-0.05, 0) is 41.5 Å². The molecule has 4 heteroatoms. The van der Waals surface area contributed by atoms with E-state index in [-0.39, 0.29) is 0 Å². The maximum absolute atomic E-state index is 10.2. The van der Waals surface area contributed by atoms with Crippen molar-refractivity contribution < 1.29 is 4.79 Å². The van der Waals surface area contributed by atoms with Crippen LogP contribution in [0.25, 0.3) is 17.3 Å². The molecule has 0 saturated heterocycles. The Hall–Kier alpha value is -2.13. The molecular weight excluding hydrogens is 248 g/mol. The third-order valence-electron chi connectivity index (χ3n) is 2.49. The topological polar surface area (TPSA) is 45.9 Å². The van der Waals surface area contributed by atoms with Gasteiger partial charge in [-0.1, -0.05) is 23.7 Å². The molecule has 0 radical (unpaired) electrons. The highest BCUT2D eigenvalue weighted by Gasteiger charge is 1.98. The normalized spacial score (nSPS) is 10.7. The standard InChI is InChI=1S/C14H11ClN2O/c15-13-4-2-11(3-5-13)12-6-8-17(7-1-9-18)14(16)10-12/h1-10,16H/b7-1+,16-14?. The number of aldehydes is 1. The SMILES string of the molecule is N=c1cc(-c2ccc(Cl)cc2)ccn1/C=C/C=O. The van der Waals surface area contributed by atoms with E-state index in [1.807, 2.05) is 30.3 Å². The van der Waals surface area contributed by atoms with Crippen LogP contribution in [0, 0.1) is 5.41 Å². The summed E-state index contributed by atoms with van der Waals surface area (Å²) in [5, 5.41) is 8.54. The van der Waals surface area contributed by atoms with E-state index in [1.165, 1.54) is 6.08 Å². The second kappa shape index (κ2) is 5.47. The average molecular weight is 259 g/mol. The summed E-state index contributed by atoms with van der Waals surface area (Å²) in [7, 11) is 0. The number of benzene rings is 1. The summed E-state index contributed by atoms with van der Waals surface area (Å²) in [4.78, 5) is 10.2. The number of aromatic nitrogens is 1. The molecule has 0 fully saturated rings. The quantitative estimate of drug-likeness (QED) is 0.668. The Labute approximate surface area is 109 Å². The van der Waals surface area contributed by atoms with Crippen molar-refractivity contribution in [3.8, 4) is 11.1 Å². The molecule has 0 spiro atoms. The minimum absolute atomic E-state index is 0.306. The number of hydrogen-bond acceptors (Lipinski definition) is 2. The van der Waals surface area contributed by atoms with Gasteiger partial charge in [0.1, 0.15) is 11.8 Å². The van der Waals surface area contributed by atoms with Crippen LogP contribution in [-0.4, -0.2) is 10.9 Å². The van der Waals surface area contributed by atoms with Gasteiger partial charge in [-0.2, -0.15) is 0 Å². The second-order valence-corrected chi connectivity index (χ2v) is 4.13. The minimum atomic E-state index is 0.306. The summed E-state index contributed by atoms with van der Waals surface area (Å²) >= 11 is 5.83. The molecule has 1 aromatic heterocycles. The Balaban J connectivity index is 2.40. The van der Waals surface area contributed by atoms with E-state index in [0.29, 0.717) is 16.8 Å². The molecule has 3 nitrogen and oxygen atoms in total. The molecule has 0 aliphatic carbocycles. The number of pyridine rings is 1. The largest absolute Gasteiger partial charge is 0.309 e. The van der Waals surface area contributed by atoms with Gasteiger partial charge < -0.3 is 4.57 Å². The van der Waals surface area contributed by atoms with E-state index in [0.717, 1.165) is 11.1 Å². The number of carbonyl (C=O) groups is 1. The predicted octanol–water partition coefficient (Wildman–Crippen LogP) is 2.96. The fourth-order valence-corrected chi connectivity index (χ4v) is 1.72. The molecule has 0 saturated carbocycles. The molecule has 1 aromatic carbocycles. The van der Waals surface area contributed by atoms with Crippen molar-refractivity contribution in [3.05, 3.63) is 59.2 Å². The van der Waals surface area contributed by atoms with Gasteiger partial charge in [0.25, 0.3) is 0 Å². The highest BCUT2D eigenvalue weighted by molar-refractivity contribution is 6.30. The molecular formula is C14H11ClN2O. The Morgan fingerprint density at radius 2 is 1.83 bits per heavy atom. The first-order valence-corrected chi connectivity index (χ1v) is 5.73. The van der Waals surface area contributed by atoms with Crippen LogP contribution in [0.1, 0.15) is 0 Å². The monoisotopic (exact) mass is 258 g/mol. The second-order valence-electron chi connectivity index (χ2n) is 3.69. The van der Waals surface area contributed by atoms with Crippen molar-refractivity contribution in [3.63, 3.8) is 0 Å². The van der Waals surface area contributed by atoms with Gasteiger partial charge in [0.2, 0.25) is 0 Å². The molecule has 2 rings (SSSR count). The van der Waals surface area contributed by atoms with Crippen molar-refractivity contribution in [2.24, 2.45) is 0 Å². The van der Waals surface area contributed by atoms with Crippen molar-refractivity contribution in [2.75, 3.05) is 0 Å². The lowest BCUT2D eigenvalue weighted by atomic mass is 10.1. The number of hydrogen-bond donors (Lipinski definition) is 1. The van der Waals surface area contributed by atoms with Crippen LogP contribution >= 0.6 is 11.6 Å². The zero-order valence-corrected chi connectivity index (χ0v) is 10.3. The molecule has 1 N–H and O–H groups in total. The van der Waals surface area contributed by atoms with Crippen LogP contribution in [0.15, 0.2) is 48.7 Å². The molecule has 0 unspecified atom stereocenters. The molecule has 0 aliphatic heterocycles. The number of rotatable bonds is 3. The predicted molar refractivity (Wildman–Crippen MR) is 72.1 cm³/mol. The van der Waals surface area contributed by atoms with Crippen LogP contribution in [0.5, 0.6) is 0 Å². The zero-order chi connectivity index (χ0) is 13.0. The third-order valence-corrected chi connectivity index (χ3v) is 2.74. The van der Waals surface area contributed by atoms with Crippen molar-refractivity contribution >= 4 is 24.1 Å². The van der Waals surface area contributed by atoms with Crippen LogP contribution < -0.4 is 5.49 Å². The highest BCUT2D eigenvalue weighted by atomic mass is 35.5. The number of nitrogens with zero attached hydrogens (tertiary/aromatic N) is 1. The molecule has 2 aromatic rings. The molecule has 1 heterocycles. The van der Waals surface area contributed by atoms with E-state index >= 15 is 0 Å². The van der Waals surface area contributed by atoms with E-state index in [4.69, 9.17) is 17.0 Å². The van der Waals surface area contributed by atoms with Gasteiger partial charge in [0.05, 0.1) is 0 Å². The van der Waals surface area contributed by atoms with Gasteiger partial charge >= 0.3 is 0 Å². The first kappa shape index (κ1) is 12.3. The number of halogens is 1. The lowest BCUT2D eigenvalue weighted by Gasteiger charge is -2.04. The van der Waals surface area contributed by atoms with Gasteiger partial charge in [0.15, 0.2) is 0 Å². The summed E-state index contributed by atoms with van der Waals surface area (Å²) in [6, 6.07) is 11.1. The molecule has 18 heavy (non-hydrogen) atoms. The molecule has 0 bridgehead atoms. The maximum atomic E-state index is 10.2. The van der Waals surface area contributed by atoms with Gasteiger partial charge in [-0.3, -0.25) is 10.2 Å². The third kappa shape index (κ3) is 2.76. The number of allylic oxidation sites excluding steroid dienone is 1. The molecule has 0 aliphatic rings. The minimum Gasteiger partial charge on any atom is -0.309 e. The van der Waals surface area contributed by atoms with Crippen molar-refractivity contribution in [1.82, 2.24) is 4.57 Å². The fraction of sp³-hybridized carbons (Fsp3) is 0. The number of carbonyl (C=O) groups excluding carboxylic acids is 1. The zero-order valence-electron chi connectivity index (χ0n) is 9.51. The molecule has 90 valence electrons. The Kier molecular flexibility index (Phi) is 3.75. The summed E-state index contributed by atoms with van der Waals surface area (Å²) in [6.07, 6.45) is 5.31. The first-order valence-electron chi connectivity index (χ1n) is 5.35. The molecule has 0 atom stereocenters. The Morgan fingerprint density at radius 3 is 2.44 bits per heavy atom.